The maximum Gasteiger partial charge on any atom is 0.321 e. The Bertz CT molecular complexity index is 364. The van der Waals surface area contributed by atoms with Crippen molar-refractivity contribution in [2.45, 2.75) is 0 Å². The van der Waals surface area contributed by atoms with Crippen LogP contribution in [0.5, 0.6) is 5.75 Å². The smallest absolute Gasteiger partial charge is 0.321 e. The molecule has 0 atom stereocenters. The normalized spacial score (nSPS) is 9.53. The Hall–Kier alpha value is -1.91. The van der Waals surface area contributed by atoms with Crippen molar-refractivity contribution < 1.29 is 9.53 Å². The first-order chi connectivity index (χ1) is 7.04. The topological polar surface area (TPSA) is 67.6 Å². The second-order valence-electron chi connectivity index (χ2n) is 3.28. The van der Waals surface area contributed by atoms with E-state index < -0.39 is 0 Å². The summed E-state index contributed by atoms with van der Waals surface area (Å²) in [6.45, 7) is 0. The Kier molecular flexibility index (Phi) is 3.38. The van der Waals surface area contributed by atoms with Gasteiger partial charge in [-0.1, -0.05) is 0 Å². The zero-order valence-electron chi connectivity index (χ0n) is 9.07. The van der Waals surface area contributed by atoms with Gasteiger partial charge in [-0.05, 0) is 12.1 Å². The number of rotatable bonds is 2. The number of amides is 2. The molecular weight excluding hydrogens is 194 g/mol. The van der Waals surface area contributed by atoms with E-state index in [2.05, 4.69) is 5.32 Å². The molecule has 0 saturated carbocycles. The Labute approximate surface area is 88.8 Å². The fraction of sp³-hybridized carbons (Fsp3) is 0.300. The van der Waals surface area contributed by atoms with E-state index in [4.69, 9.17) is 10.5 Å². The quantitative estimate of drug-likeness (QED) is 0.723. The number of hydrogen-bond acceptors (Lipinski definition) is 3. The van der Waals surface area contributed by atoms with Gasteiger partial charge >= 0.3 is 6.03 Å². The summed E-state index contributed by atoms with van der Waals surface area (Å²) < 4.78 is 5.04. The lowest BCUT2D eigenvalue weighted by Crippen LogP contribution is -2.27. The predicted octanol–water partition coefficient (Wildman–Crippen LogP) is 1.37. The first kappa shape index (κ1) is 11.2. The zero-order valence-corrected chi connectivity index (χ0v) is 9.07. The van der Waals surface area contributed by atoms with Crippen LogP contribution in [0.15, 0.2) is 18.2 Å². The first-order valence-corrected chi connectivity index (χ1v) is 4.46. The Morgan fingerprint density at radius 2 is 2.13 bits per heavy atom. The van der Waals surface area contributed by atoms with Gasteiger partial charge in [-0.2, -0.15) is 0 Å². The molecule has 0 radical (unpaired) electrons. The number of urea groups is 1. The standard InChI is InChI=1S/C10H15N3O2/c1-13(2)10(14)12-7-4-5-8(11)9(6-7)15-3/h4-6H,11H2,1-3H3,(H,12,14). The average Bonchev–Trinajstić information content (AvgIpc) is 2.20. The van der Waals surface area contributed by atoms with Crippen molar-refractivity contribution >= 4 is 17.4 Å². The molecule has 1 rings (SSSR count). The maximum absolute atomic E-state index is 11.3. The van der Waals surface area contributed by atoms with Crippen molar-refractivity contribution in [1.29, 1.82) is 0 Å². The number of anilines is 2. The molecule has 2 amide bonds. The van der Waals surface area contributed by atoms with Gasteiger partial charge in [0.25, 0.3) is 0 Å². The summed E-state index contributed by atoms with van der Waals surface area (Å²) in [5, 5.41) is 2.69. The lowest BCUT2D eigenvalue weighted by atomic mass is 10.2. The first-order valence-electron chi connectivity index (χ1n) is 4.46. The fourth-order valence-electron chi connectivity index (χ4n) is 1.02. The number of carbonyl (C=O) groups excluding carboxylic acids is 1. The summed E-state index contributed by atoms with van der Waals surface area (Å²) in [4.78, 5) is 12.8. The van der Waals surface area contributed by atoms with Crippen LogP contribution in [-0.2, 0) is 0 Å². The Morgan fingerprint density at radius 1 is 1.47 bits per heavy atom. The van der Waals surface area contributed by atoms with Crippen LogP contribution < -0.4 is 15.8 Å². The van der Waals surface area contributed by atoms with Gasteiger partial charge in [0.1, 0.15) is 5.75 Å². The molecule has 0 bridgehead atoms. The minimum Gasteiger partial charge on any atom is -0.495 e. The molecule has 0 aliphatic rings. The van der Waals surface area contributed by atoms with E-state index >= 15 is 0 Å². The van der Waals surface area contributed by atoms with Crippen molar-refractivity contribution in [1.82, 2.24) is 4.90 Å². The van der Waals surface area contributed by atoms with Crippen molar-refractivity contribution in [3.8, 4) is 5.75 Å². The lowest BCUT2D eigenvalue weighted by molar-refractivity contribution is 0.230. The number of ether oxygens (including phenoxy) is 1. The fourth-order valence-corrected chi connectivity index (χ4v) is 1.02. The highest BCUT2D eigenvalue weighted by atomic mass is 16.5. The van der Waals surface area contributed by atoms with Crippen LogP contribution in [0.1, 0.15) is 0 Å². The Balaban J connectivity index is 2.83. The van der Waals surface area contributed by atoms with Gasteiger partial charge in [-0.3, -0.25) is 0 Å². The van der Waals surface area contributed by atoms with E-state index in [0.717, 1.165) is 0 Å². The van der Waals surface area contributed by atoms with Crippen LogP contribution in [0.4, 0.5) is 16.2 Å². The summed E-state index contributed by atoms with van der Waals surface area (Å²) in [6, 6.07) is 4.89. The van der Waals surface area contributed by atoms with Gasteiger partial charge in [-0.25, -0.2) is 4.79 Å². The van der Waals surface area contributed by atoms with Crippen LogP contribution in [0, 0.1) is 0 Å². The molecule has 0 unspecified atom stereocenters. The third kappa shape index (κ3) is 2.77. The van der Waals surface area contributed by atoms with Gasteiger partial charge < -0.3 is 20.7 Å². The maximum atomic E-state index is 11.3. The molecule has 3 N–H and O–H groups in total. The summed E-state index contributed by atoms with van der Waals surface area (Å²) >= 11 is 0. The van der Waals surface area contributed by atoms with E-state index in [9.17, 15) is 4.79 Å². The van der Waals surface area contributed by atoms with Gasteiger partial charge in [0.15, 0.2) is 0 Å². The molecule has 1 aromatic carbocycles. The SMILES string of the molecule is COc1cc(NC(=O)N(C)C)ccc1N. The highest BCUT2D eigenvalue weighted by Gasteiger charge is 2.05. The zero-order chi connectivity index (χ0) is 11.4. The summed E-state index contributed by atoms with van der Waals surface area (Å²) in [5.41, 5.74) is 6.84. The van der Waals surface area contributed by atoms with Gasteiger partial charge in [-0.15, -0.1) is 0 Å². The number of nitrogens with two attached hydrogens (primary N) is 1. The van der Waals surface area contributed by atoms with E-state index in [1.54, 1.807) is 32.3 Å². The number of nitrogens with one attached hydrogen (secondary N) is 1. The van der Waals surface area contributed by atoms with Gasteiger partial charge in [0.2, 0.25) is 0 Å². The second-order valence-corrected chi connectivity index (χ2v) is 3.28. The molecule has 0 saturated heterocycles. The molecular formula is C10H15N3O2. The number of carbonyl (C=O) groups is 1. The van der Waals surface area contributed by atoms with Crippen LogP contribution in [0.3, 0.4) is 0 Å². The minimum atomic E-state index is -0.193. The lowest BCUT2D eigenvalue weighted by Gasteiger charge is -2.13. The van der Waals surface area contributed by atoms with Crippen LogP contribution in [-0.4, -0.2) is 32.1 Å². The molecule has 82 valence electrons. The van der Waals surface area contributed by atoms with Gasteiger partial charge in [0.05, 0.1) is 12.8 Å². The minimum absolute atomic E-state index is 0.193. The molecule has 0 aromatic heterocycles. The third-order valence-corrected chi connectivity index (χ3v) is 1.89. The second kappa shape index (κ2) is 4.54. The molecule has 0 aliphatic heterocycles. The molecule has 15 heavy (non-hydrogen) atoms. The van der Waals surface area contributed by atoms with Crippen LogP contribution >= 0.6 is 0 Å². The largest absolute Gasteiger partial charge is 0.495 e. The number of nitrogen functional groups attached to an aromatic ring is 1. The van der Waals surface area contributed by atoms with Crippen LogP contribution in [0.25, 0.3) is 0 Å². The highest BCUT2D eigenvalue weighted by molar-refractivity contribution is 5.89. The van der Waals surface area contributed by atoms with Crippen molar-refractivity contribution in [3.63, 3.8) is 0 Å². The van der Waals surface area contributed by atoms with E-state index in [0.29, 0.717) is 17.1 Å². The molecule has 5 heteroatoms. The van der Waals surface area contributed by atoms with Crippen molar-refractivity contribution in [3.05, 3.63) is 18.2 Å². The summed E-state index contributed by atoms with van der Waals surface area (Å²) in [7, 11) is 4.87. The van der Waals surface area contributed by atoms with Crippen molar-refractivity contribution in [2.24, 2.45) is 0 Å². The van der Waals surface area contributed by atoms with Crippen molar-refractivity contribution in [2.75, 3.05) is 32.3 Å². The molecule has 0 spiro atoms. The van der Waals surface area contributed by atoms with E-state index in [-0.39, 0.29) is 6.03 Å². The molecule has 1 aromatic rings. The molecule has 0 heterocycles. The highest BCUT2D eigenvalue weighted by Crippen LogP contribution is 2.24. The molecule has 5 nitrogen and oxygen atoms in total. The summed E-state index contributed by atoms with van der Waals surface area (Å²) in [5.74, 6) is 0.548. The van der Waals surface area contributed by atoms with E-state index in [1.165, 1.54) is 12.0 Å². The number of hydrogen-bond donors (Lipinski definition) is 2. The number of methoxy groups -OCH3 is 1. The number of benzene rings is 1. The monoisotopic (exact) mass is 209 g/mol. The molecule has 0 aliphatic carbocycles. The average molecular weight is 209 g/mol. The number of nitrogens with zero attached hydrogens (tertiary/aromatic N) is 1. The van der Waals surface area contributed by atoms with Gasteiger partial charge in [0, 0.05) is 25.8 Å². The third-order valence-electron chi connectivity index (χ3n) is 1.89. The van der Waals surface area contributed by atoms with E-state index in [1.807, 2.05) is 0 Å². The summed E-state index contributed by atoms with van der Waals surface area (Å²) in [6.07, 6.45) is 0. The van der Waals surface area contributed by atoms with Crippen LogP contribution in [0.2, 0.25) is 0 Å². The predicted molar refractivity (Wildman–Crippen MR) is 60.1 cm³/mol. The molecule has 0 fully saturated rings. The Morgan fingerprint density at radius 3 is 2.67 bits per heavy atom.